The summed E-state index contributed by atoms with van der Waals surface area (Å²) in [7, 11) is 1.68. The van der Waals surface area contributed by atoms with Gasteiger partial charge in [-0.2, -0.15) is 0 Å². The van der Waals surface area contributed by atoms with E-state index in [0.717, 1.165) is 38.1 Å². The predicted octanol–water partition coefficient (Wildman–Crippen LogP) is 3.66. The molecule has 1 saturated heterocycles. The third kappa shape index (κ3) is 3.05. The topological polar surface area (TPSA) is 42.4 Å². The molecule has 0 N–H and O–H groups in total. The number of rotatable bonds is 4. The summed E-state index contributed by atoms with van der Waals surface area (Å²) in [5, 5.41) is 3.20. The molecule has 4 nitrogen and oxygen atoms in total. The third-order valence-corrected chi connectivity index (χ3v) is 6.10. The van der Waals surface area contributed by atoms with Gasteiger partial charge in [-0.15, -0.1) is 11.3 Å². The van der Waals surface area contributed by atoms with Crippen molar-refractivity contribution in [3.63, 3.8) is 0 Å². The van der Waals surface area contributed by atoms with Crippen LogP contribution in [0.4, 0.5) is 0 Å². The van der Waals surface area contributed by atoms with Gasteiger partial charge in [0, 0.05) is 36.5 Å². The summed E-state index contributed by atoms with van der Waals surface area (Å²) >= 11 is 1.71. The lowest BCUT2D eigenvalue weighted by Gasteiger charge is -2.32. The van der Waals surface area contributed by atoms with E-state index in [9.17, 15) is 4.79 Å². The van der Waals surface area contributed by atoms with Gasteiger partial charge in [-0.25, -0.2) is 4.98 Å². The highest BCUT2D eigenvalue weighted by molar-refractivity contribution is 7.09. The first kappa shape index (κ1) is 15.6. The molecule has 2 fully saturated rings. The van der Waals surface area contributed by atoms with Gasteiger partial charge >= 0.3 is 0 Å². The lowest BCUT2D eigenvalue weighted by Crippen LogP contribution is -2.40. The van der Waals surface area contributed by atoms with E-state index in [1.54, 1.807) is 18.4 Å². The number of hydrogen-bond donors (Lipinski definition) is 0. The van der Waals surface area contributed by atoms with Crippen LogP contribution >= 0.6 is 11.3 Å². The fourth-order valence-electron chi connectivity index (χ4n) is 3.76. The predicted molar refractivity (Wildman–Crippen MR) is 94.5 cm³/mol. The molecule has 0 radical (unpaired) electrons. The highest BCUT2D eigenvalue weighted by atomic mass is 32.1. The number of likely N-dealkylation sites (tertiary alicyclic amines) is 1. The molecule has 24 heavy (non-hydrogen) atoms. The van der Waals surface area contributed by atoms with Gasteiger partial charge in [0.1, 0.15) is 5.75 Å². The van der Waals surface area contributed by atoms with E-state index in [1.807, 2.05) is 23.7 Å². The molecule has 1 aliphatic carbocycles. The zero-order valence-electron chi connectivity index (χ0n) is 13.9. The Bertz CT molecular complexity index is 716. The maximum Gasteiger partial charge on any atom is 0.226 e. The molecule has 2 aliphatic rings. The molecule has 0 bridgehead atoms. The average Bonchev–Trinajstić information content (AvgIpc) is 3.25. The van der Waals surface area contributed by atoms with Gasteiger partial charge in [-0.3, -0.25) is 4.79 Å². The van der Waals surface area contributed by atoms with E-state index < -0.39 is 0 Å². The minimum atomic E-state index is 0.146. The summed E-state index contributed by atoms with van der Waals surface area (Å²) in [4.78, 5) is 19.4. The Labute approximate surface area is 146 Å². The minimum absolute atomic E-state index is 0.146. The van der Waals surface area contributed by atoms with E-state index in [0.29, 0.717) is 17.7 Å². The lowest BCUT2D eigenvalue weighted by molar-refractivity contribution is -0.133. The van der Waals surface area contributed by atoms with Gasteiger partial charge in [0.25, 0.3) is 0 Å². The quantitative estimate of drug-likeness (QED) is 0.851. The standard InChI is InChI=1S/C19H22N2O2S/c1-23-15-6-2-4-13(10-15)16-11-17(16)19(22)21-8-3-5-14(12-21)18-20-7-9-24-18/h2,4,6-7,9-10,14,16-17H,3,5,8,11-12H2,1H3/t14-,16-,17-/m0/s1. The average molecular weight is 342 g/mol. The Kier molecular flexibility index (Phi) is 4.27. The molecule has 0 unspecified atom stereocenters. The Balaban J connectivity index is 1.41. The number of methoxy groups -OCH3 is 1. The molecule has 1 aromatic heterocycles. The fraction of sp³-hybridized carbons (Fsp3) is 0.474. The first-order valence-electron chi connectivity index (χ1n) is 8.58. The van der Waals surface area contributed by atoms with Crippen LogP contribution in [-0.2, 0) is 4.79 Å². The molecule has 2 aromatic rings. The number of thiazole rings is 1. The van der Waals surface area contributed by atoms with Gasteiger partial charge in [0.2, 0.25) is 5.91 Å². The third-order valence-electron chi connectivity index (χ3n) is 5.16. The van der Waals surface area contributed by atoms with Crippen LogP contribution in [0.2, 0.25) is 0 Å². The van der Waals surface area contributed by atoms with Crippen LogP contribution in [0.15, 0.2) is 35.8 Å². The maximum absolute atomic E-state index is 12.9. The second kappa shape index (κ2) is 6.55. The Hall–Kier alpha value is -1.88. The number of ether oxygens (including phenoxy) is 1. The number of amides is 1. The number of hydrogen-bond acceptors (Lipinski definition) is 4. The molecule has 2 heterocycles. The number of carbonyl (C=O) groups excluding carboxylic acids is 1. The number of piperidine rings is 1. The zero-order chi connectivity index (χ0) is 16.5. The Morgan fingerprint density at radius 3 is 3.12 bits per heavy atom. The van der Waals surface area contributed by atoms with E-state index >= 15 is 0 Å². The molecule has 5 heteroatoms. The number of aromatic nitrogens is 1. The maximum atomic E-state index is 12.9. The normalized spacial score (nSPS) is 26.2. The number of benzene rings is 1. The van der Waals surface area contributed by atoms with E-state index in [4.69, 9.17) is 4.74 Å². The smallest absolute Gasteiger partial charge is 0.226 e. The van der Waals surface area contributed by atoms with Crippen LogP contribution in [0.1, 0.15) is 41.7 Å². The van der Waals surface area contributed by atoms with Gasteiger partial charge in [-0.1, -0.05) is 12.1 Å². The van der Waals surface area contributed by atoms with Crippen molar-refractivity contribution in [2.45, 2.75) is 31.1 Å². The second-order valence-electron chi connectivity index (χ2n) is 6.72. The molecule has 0 spiro atoms. The van der Waals surface area contributed by atoms with Crippen LogP contribution in [0.3, 0.4) is 0 Å². The molecule has 1 saturated carbocycles. The van der Waals surface area contributed by atoms with Gasteiger partial charge in [0.05, 0.1) is 12.1 Å². The molecule has 3 atom stereocenters. The van der Waals surface area contributed by atoms with Crippen LogP contribution in [0.25, 0.3) is 0 Å². The van der Waals surface area contributed by atoms with E-state index in [2.05, 4.69) is 22.0 Å². The van der Waals surface area contributed by atoms with Crippen LogP contribution in [0.5, 0.6) is 5.75 Å². The monoisotopic (exact) mass is 342 g/mol. The first-order chi connectivity index (χ1) is 11.8. The summed E-state index contributed by atoms with van der Waals surface area (Å²) in [6, 6.07) is 8.13. The molecule has 1 amide bonds. The van der Waals surface area contributed by atoms with Crippen molar-refractivity contribution in [2.24, 2.45) is 5.92 Å². The summed E-state index contributed by atoms with van der Waals surface area (Å²) < 4.78 is 5.30. The van der Waals surface area contributed by atoms with Crippen molar-refractivity contribution in [3.05, 3.63) is 46.4 Å². The number of nitrogens with zero attached hydrogens (tertiary/aromatic N) is 2. The molecule has 126 valence electrons. The van der Waals surface area contributed by atoms with Crippen molar-refractivity contribution in [2.75, 3.05) is 20.2 Å². The van der Waals surface area contributed by atoms with Crippen LogP contribution in [0, 0.1) is 5.92 Å². The highest BCUT2D eigenvalue weighted by Gasteiger charge is 2.46. The first-order valence-corrected chi connectivity index (χ1v) is 9.46. The van der Waals surface area contributed by atoms with Gasteiger partial charge < -0.3 is 9.64 Å². The Morgan fingerprint density at radius 1 is 1.42 bits per heavy atom. The Morgan fingerprint density at radius 2 is 2.33 bits per heavy atom. The van der Waals surface area contributed by atoms with Crippen molar-refractivity contribution in [1.82, 2.24) is 9.88 Å². The SMILES string of the molecule is COc1cccc([C@@H]2C[C@@H]2C(=O)N2CCC[C@H](c3nccs3)C2)c1. The van der Waals surface area contributed by atoms with E-state index in [-0.39, 0.29) is 5.92 Å². The van der Waals surface area contributed by atoms with Gasteiger partial charge in [0.15, 0.2) is 0 Å². The largest absolute Gasteiger partial charge is 0.497 e. The summed E-state index contributed by atoms with van der Waals surface area (Å²) in [6.07, 6.45) is 5.04. The molecule has 4 rings (SSSR count). The second-order valence-corrected chi connectivity index (χ2v) is 7.65. The summed E-state index contributed by atoms with van der Waals surface area (Å²) in [5.41, 5.74) is 1.22. The van der Waals surface area contributed by atoms with Crippen molar-refractivity contribution < 1.29 is 9.53 Å². The van der Waals surface area contributed by atoms with E-state index in [1.165, 1.54) is 10.6 Å². The van der Waals surface area contributed by atoms with Crippen molar-refractivity contribution in [3.8, 4) is 5.75 Å². The van der Waals surface area contributed by atoms with Crippen molar-refractivity contribution >= 4 is 17.2 Å². The fourth-order valence-corrected chi connectivity index (χ4v) is 4.53. The van der Waals surface area contributed by atoms with Crippen molar-refractivity contribution in [1.29, 1.82) is 0 Å². The lowest BCUT2D eigenvalue weighted by atomic mass is 9.98. The summed E-state index contributed by atoms with van der Waals surface area (Å²) in [6.45, 7) is 1.72. The molecular formula is C19H22N2O2S. The van der Waals surface area contributed by atoms with Crippen LogP contribution < -0.4 is 4.74 Å². The van der Waals surface area contributed by atoms with Gasteiger partial charge in [-0.05, 0) is 42.9 Å². The highest BCUT2D eigenvalue weighted by Crippen LogP contribution is 2.49. The molecular weight excluding hydrogens is 320 g/mol. The van der Waals surface area contributed by atoms with Crippen LogP contribution in [-0.4, -0.2) is 36.0 Å². The molecule has 1 aromatic carbocycles. The summed E-state index contributed by atoms with van der Waals surface area (Å²) in [5.74, 6) is 2.10. The molecule has 1 aliphatic heterocycles. The number of carbonyl (C=O) groups is 1. The minimum Gasteiger partial charge on any atom is -0.497 e. The zero-order valence-corrected chi connectivity index (χ0v) is 14.7.